The second-order valence-corrected chi connectivity index (χ2v) is 6.73. The second kappa shape index (κ2) is 8.25. The van der Waals surface area contributed by atoms with Gasteiger partial charge < -0.3 is 14.3 Å². The molecular weight excluding hydrogens is 481 g/mol. The standard InChI is InChI=1S/C18H14IN3O6/c1-2-27-15-6-10(5-13(19)17(15)23)9-20-21-18(24)16-8-11-7-12(22(25)26)3-4-14(11)28-16/h3-9,23H,2H2,1H3,(H,21,24)/b20-9+. The highest BCUT2D eigenvalue weighted by atomic mass is 127. The predicted octanol–water partition coefficient (Wildman–Crippen LogP) is 3.81. The normalized spacial score (nSPS) is 11.1. The van der Waals surface area contributed by atoms with Crippen molar-refractivity contribution in [3.05, 3.63) is 61.4 Å². The molecule has 0 bridgehead atoms. The fraction of sp³-hybridized carbons (Fsp3) is 0.111. The third-order valence-corrected chi connectivity index (χ3v) is 4.49. The summed E-state index contributed by atoms with van der Waals surface area (Å²) in [6.07, 6.45) is 1.40. The fourth-order valence-electron chi connectivity index (χ4n) is 2.41. The number of benzene rings is 2. The molecule has 10 heteroatoms. The van der Waals surface area contributed by atoms with E-state index in [0.29, 0.717) is 32.5 Å². The number of hydrogen-bond acceptors (Lipinski definition) is 7. The van der Waals surface area contributed by atoms with Crippen LogP contribution in [0.1, 0.15) is 23.0 Å². The lowest BCUT2D eigenvalue weighted by Crippen LogP contribution is -2.16. The first kappa shape index (κ1) is 19.6. The quantitative estimate of drug-likeness (QED) is 0.232. The molecule has 3 aromatic rings. The van der Waals surface area contributed by atoms with E-state index in [4.69, 9.17) is 9.15 Å². The molecule has 2 aromatic carbocycles. The predicted molar refractivity (Wildman–Crippen MR) is 110 cm³/mol. The second-order valence-electron chi connectivity index (χ2n) is 5.57. The molecule has 0 aliphatic carbocycles. The minimum Gasteiger partial charge on any atom is -0.504 e. The summed E-state index contributed by atoms with van der Waals surface area (Å²) in [5.74, 6) is -0.266. The van der Waals surface area contributed by atoms with Crippen LogP contribution < -0.4 is 10.2 Å². The third-order valence-electron chi connectivity index (χ3n) is 3.66. The van der Waals surface area contributed by atoms with E-state index in [2.05, 4.69) is 10.5 Å². The number of nitro groups is 1. The highest BCUT2D eigenvalue weighted by Gasteiger charge is 2.14. The van der Waals surface area contributed by atoms with Crippen molar-refractivity contribution in [1.29, 1.82) is 0 Å². The number of rotatable bonds is 6. The largest absolute Gasteiger partial charge is 0.504 e. The van der Waals surface area contributed by atoms with E-state index in [1.54, 1.807) is 19.1 Å². The Morgan fingerprint density at radius 1 is 1.39 bits per heavy atom. The molecule has 144 valence electrons. The Bertz CT molecular complexity index is 1090. The number of fused-ring (bicyclic) bond motifs is 1. The average molecular weight is 495 g/mol. The van der Waals surface area contributed by atoms with Crippen molar-refractivity contribution in [2.45, 2.75) is 6.92 Å². The molecule has 0 fully saturated rings. The Kier molecular flexibility index (Phi) is 5.78. The number of halogens is 1. The molecule has 2 N–H and O–H groups in total. The van der Waals surface area contributed by atoms with Gasteiger partial charge in [-0.1, -0.05) is 0 Å². The molecular formula is C18H14IN3O6. The highest BCUT2D eigenvalue weighted by molar-refractivity contribution is 14.1. The van der Waals surface area contributed by atoms with Gasteiger partial charge in [0.25, 0.3) is 5.69 Å². The molecule has 0 atom stereocenters. The summed E-state index contributed by atoms with van der Waals surface area (Å²) >= 11 is 1.96. The first-order valence-corrected chi connectivity index (χ1v) is 9.13. The Morgan fingerprint density at radius 2 is 2.18 bits per heavy atom. The zero-order chi connectivity index (χ0) is 20.3. The first-order chi connectivity index (χ1) is 13.4. The minimum atomic E-state index is -0.603. The van der Waals surface area contributed by atoms with Crippen LogP contribution in [-0.2, 0) is 0 Å². The minimum absolute atomic E-state index is 0.0251. The molecule has 0 saturated carbocycles. The number of nitrogens with zero attached hydrogens (tertiary/aromatic N) is 2. The topological polar surface area (TPSA) is 127 Å². The molecule has 0 radical (unpaired) electrons. The number of phenols is 1. The maximum Gasteiger partial charge on any atom is 0.307 e. The number of hydrazone groups is 1. The summed E-state index contributed by atoms with van der Waals surface area (Å²) < 4.78 is 11.3. The number of nitrogens with one attached hydrogen (secondary N) is 1. The number of hydrogen-bond donors (Lipinski definition) is 2. The summed E-state index contributed by atoms with van der Waals surface area (Å²) in [7, 11) is 0. The van der Waals surface area contributed by atoms with Crippen molar-refractivity contribution in [3.63, 3.8) is 0 Å². The summed E-state index contributed by atoms with van der Waals surface area (Å²) in [6.45, 7) is 2.19. The van der Waals surface area contributed by atoms with Crippen molar-refractivity contribution in [1.82, 2.24) is 5.43 Å². The fourth-order valence-corrected chi connectivity index (χ4v) is 3.04. The zero-order valence-corrected chi connectivity index (χ0v) is 16.7. The van der Waals surface area contributed by atoms with Crippen molar-refractivity contribution < 1.29 is 24.0 Å². The van der Waals surface area contributed by atoms with Gasteiger partial charge in [0.05, 0.1) is 21.3 Å². The number of ether oxygens (including phenoxy) is 1. The number of amides is 1. The Balaban J connectivity index is 1.75. The molecule has 0 aliphatic rings. The van der Waals surface area contributed by atoms with Gasteiger partial charge in [0, 0.05) is 17.5 Å². The van der Waals surface area contributed by atoms with E-state index in [1.165, 1.54) is 30.5 Å². The van der Waals surface area contributed by atoms with Crippen LogP contribution in [0.2, 0.25) is 0 Å². The first-order valence-electron chi connectivity index (χ1n) is 8.05. The van der Waals surface area contributed by atoms with Crippen LogP contribution in [0.25, 0.3) is 11.0 Å². The SMILES string of the molecule is CCOc1cc(/C=N/NC(=O)c2cc3cc([N+](=O)[O-])ccc3o2)cc(I)c1O. The van der Waals surface area contributed by atoms with Crippen LogP contribution >= 0.6 is 22.6 Å². The van der Waals surface area contributed by atoms with Gasteiger partial charge >= 0.3 is 5.91 Å². The van der Waals surface area contributed by atoms with Crippen LogP contribution in [0.3, 0.4) is 0 Å². The lowest BCUT2D eigenvalue weighted by Gasteiger charge is -2.08. The monoisotopic (exact) mass is 495 g/mol. The van der Waals surface area contributed by atoms with Crippen LogP contribution in [0.5, 0.6) is 11.5 Å². The number of non-ortho nitro benzene ring substituents is 1. The maximum atomic E-state index is 12.2. The molecule has 9 nitrogen and oxygen atoms in total. The van der Waals surface area contributed by atoms with E-state index in [-0.39, 0.29) is 17.2 Å². The number of carbonyl (C=O) groups is 1. The summed E-state index contributed by atoms with van der Waals surface area (Å²) in [5.41, 5.74) is 3.21. The number of nitro benzene ring substituents is 1. The Hall–Kier alpha value is -3.15. The molecule has 0 saturated heterocycles. The van der Waals surface area contributed by atoms with Gasteiger partial charge in [-0.25, -0.2) is 5.43 Å². The summed E-state index contributed by atoms with van der Waals surface area (Å²) in [5, 5.41) is 25.1. The van der Waals surface area contributed by atoms with Crippen LogP contribution in [-0.4, -0.2) is 28.8 Å². The van der Waals surface area contributed by atoms with Gasteiger partial charge in [0.2, 0.25) is 0 Å². The molecule has 0 unspecified atom stereocenters. The van der Waals surface area contributed by atoms with Gasteiger partial charge in [-0.05, 0) is 59.3 Å². The van der Waals surface area contributed by atoms with E-state index in [0.717, 1.165) is 0 Å². The van der Waals surface area contributed by atoms with Crippen molar-refractivity contribution in [3.8, 4) is 11.5 Å². The van der Waals surface area contributed by atoms with Crippen molar-refractivity contribution in [2.75, 3.05) is 6.61 Å². The van der Waals surface area contributed by atoms with Gasteiger partial charge in [-0.15, -0.1) is 0 Å². The summed E-state index contributed by atoms with van der Waals surface area (Å²) in [4.78, 5) is 22.5. The van der Waals surface area contributed by atoms with Gasteiger partial charge in [0.1, 0.15) is 5.58 Å². The van der Waals surface area contributed by atoms with Crippen molar-refractivity contribution >= 4 is 51.4 Å². The smallest absolute Gasteiger partial charge is 0.307 e. The number of phenolic OH excluding ortho intramolecular Hbond substituents is 1. The van der Waals surface area contributed by atoms with Crippen LogP contribution in [0, 0.1) is 13.7 Å². The number of furan rings is 1. The average Bonchev–Trinajstić information content (AvgIpc) is 3.09. The third kappa shape index (κ3) is 4.22. The zero-order valence-electron chi connectivity index (χ0n) is 14.5. The van der Waals surface area contributed by atoms with Crippen molar-refractivity contribution in [2.24, 2.45) is 5.10 Å². The van der Waals surface area contributed by atoms with E-state index < -0.39 is 10.8 Å². The van der Waals surface area contributed by atoms with Gasteiger partial charge in [-0.3, -0.25) is 14.9 Å². The van der Waals surface area contributed by atoms with Crippen LogP contribution in [0.15, 0.2) is 45.9 Å². The summed E-state index contributed by atoms with van der Waals surface area (Å²) in [6, 6.07) is 8.73. The maximum absolute atomic E-state index is 12.2. The molecule has 1 aromatic heterocycles. The van der Waals surface area contributed by atoms with Gasteiger partial charge in [0.15, 0.2) is 17.3 Å². The molecule has 3 rings (SSSR count). The molecule has 1 heterocycles. The highest BCUT2D eigenvalue weighted by Crippen LogP contribution is 2.32. The number of carbonyl (C=O) groups excluding carboxylic acids is 1. The van der Waals surface area contributed by atoms with E-state index >= 15 is 0 Å². The van der Waals surface area contributed by atoms with E-state index in [9.17, 15) is 20.0 Å². The lowest BCUT2D eigenvalue weighted by atomic mass is 10.2. The molecule has 28 heavy (non-hydrogen) atoms. The lowest BCUT2D eigenvalue weighted by molar-refractivity contribution is -0.384. The number of aromatic hydroxyl groups is 1. The molecule has 0 spiro atoms. The van der Waals surface area contributed by atoms with Gasteiger partial charge in [-0.2, -0.15) is 5.10 Å². The molecule has 1 amide bonds. The Labute approximate surface area is 172 Å². The Morgan fingerprint density at radius 3 is 2.89 bits per heavy atom. The van der Waals surface area contributed by atoms with E-state index in [1.807, 2.05) is 22.6 Å². The van der Waals surface area contributed by atoms with Crippen LogP contribution in [0.4, 0.5) is 5.69 Å². The molecule has 0 aliphatic heterocycles.